The van der Waals surface area contributed by atoms with Crippen LogP contribution < -0.4 is 4.98 Å². The summed E-state index contributed by atoms with van der Waals surface area (Å²) in [7, 11) is -1.65. The third-order valence-corrected chi connectivity index (χ3v) is 11.0. The van der Waals surface area contributed by atoms with Gasteiger partial charge in [0.05, 0.1) is 0 Å². The topological polar surface area (TPSA) is 15.3 Å². The number of benzene rings is 1. The summed E-state index contributed by atoms with van der Waals surface area (Å²) in [4.78, 5) is 6.97. The van der Waals surface area contributed by atoms with Gasteiger partial charge in [-0.1, -0.05) is 101 Å². The Morgan fingerprint density at radius 3 is 1.76 bits per heavy atom. The van der Waals surface area contributed by atoms with Crippen molar-refractivity contribution in [3.8, 4) is 0 Å². The molecule has 2 fully saturated rings. The number of nitrogens with zero attached hydrogens (tertiary/aromatic N) is 1. The third-order valence-electron chi connectivity index (χ3n) is 7.80. The van der Waals surface area contributed by atoms with Gasteiger partial charge in [0.2, 0.25) is 0 Å². The first-order chi connectivity index (χ1) is 14.6. The normalized spacial score (nSPS) is 21.9. The molecule has 1 aromatic rings. The molecule has 1 saturated carbocycles. The van der Waals surface area contributed by atoms with Crippen molar-refractivity contribution in [2.24, 2.45) is 0 Å². The molecule has 1 unspecified atom stereocenters. The summed E-state index contributed by atoms with van der Waals surface area (Å²) in [5.74, 6) is 0. The molecule has 1 N–H and O–H groups in total. The number of rotatable bonds is 4. The molecule has 0 bridgehead atoms. The Bertz CT molecular complexity index is 710. The maximum Gasteiger partial charge on any atom is 0.131 e. The molecular weight excluding hydrogens is 572 g/mol. The molecule has 2 nitrogen and oxygen atoms in total. The van der Waals surface area contributed by atoms with Gasteiger partial charge < -0.3 is 9.88 Å². The predicted octanol–water partition coefficient (Wildman–Crippen LogP) is 7.22. The number of hydrogen-bond donors (Lipinski definition) is 1. The number of fused-ring (bicyclic) bond motifs is 1. The molecule has 2 aliphatic carbocycles. The molecule has 0 aromatic heterocycles. The van der Waals surface area contributed by atoms with Crippen molar-refractivity contribution in [2.75, 3.05) is 13.1 Å². The molecule has 0 radical (unpaired) electrons. The molecule has 7 heteroatoms. The van der Waals surface area contributed by atoms with E-state index < -0.39 is 8.24 Å². The van der Waals surface area contributed by atoms with E-state index in [1.165, 1.54) is 108 Å². The van der Waals surface area contributed by atoms with Gasteiger partial charge in [-0.3, -0.25) is 0 Å². The second-order valence-corrected chi connectivity index (χ2v) is 15.0. The summed E-state index contributed by atoms with van der Waals surface area (Å²) in [6.45, 7) is 7.66. The maximum absolute atomic E-state index is 4.32. The largest absolute Gasteiger partial charge is 0.371 e. The maximum atomic E-state index is 4.32. The summed E-state index contributed by atoms with van der Waals surface area (Å²) in [6.07, 6.45) is 21.1. The Hall–Kier alpha value is 1.79. The van der Waals surface area contributed by atoms with Gasteiger partial charge in [-0.25, -0.2) is 0 Å². The number of allylic oxidation sites excluding steroid dienone is 1. The second-order valence-electron chi connectivity index (χ2n) is 10.6. The standard InChI is InChI=1S/C27H44N2Si.4Ti/c1-30(2,28-23-16-10-8-6-4-3-5-7-9-11-17-23)27-22-26(29-20-14-15-21-29)24-18-12-13-19-25(24)27;;;;/h12-13,18-19,22-23,27-28H,3-11,14-17,20-21H2,1-2H3;;;;. The van der Waals surface area contributed by atoms with Crippen LogP contribution in [0.25, 0.3) is 5.70 Å². The van der Waals surface area contributed by atoms with Gasteiger partial charge in [0.25, 0.3) is 0 Å². The third kappa shape index (κ3) is 9.83. The van der Waals surface area contributed by atoms with E-state index in [2.05, 4.69) is 53.3 Å². The van der Waals surface area contributed by atoms with Crippen molar-refractivity contribution in [3.05, 3.63) is 41.5 Å². The Labute approximate surface area is 270 Å². The zero-order chi connectivity index (χ0) is 20.8. The van der Waals surface area contributed by atoms with E-state index in [1.54, 1.807) is 5.56 Å². The fourth-order valence-electron chi connectivity index (χ4n) is 6.09. The van der Waals surface area contributed by atoms with E-state index in [9.17, 15) is 0 Å². The van der Waals surface area contributed by atoms with Crippen LogP contribution in [0, 0.1) is 0 Å². The fraction of sp³-hybridized carbons (Fsp3) is 0.704. The van der Waals surface area contributed by atoms with E-state index in [1.807, 2.05) is 0 Å². The fourth-order valence-corrected chi connectivity index (χ4v) is 9.22. The molecule has 1 aromatic carbocycles. The molecule has 182 valence electrons. The van der Waals surface area contributed by atoms with Crippen molar-refractivity contribution in [3.63, 3.8) is 0 Å². The van der Waals surface area contributed by atoms with Gasteiger partial charge in [-0.15, -0.1) is 0 Å². The number of hydrogen-bond acceptors (Lipinski definition) is 2. The Balaban J connectivity index is 0.00000272. The Morgan fingerprint density at radius 1 is 0.706 bits per heavy atom. The van der Waals surface area contributed by atoms with Crippen molar-refractivity contribution >= 4 is 13.9 Å². The molecular formula is C27H44N2SiTi4. The van der Waals surface area contributed by atoms with Crippen LogP contribution in [0.1, 0.15) is 100 Å². The van der Waals surface area contributed by atoms with Gasteiger partial charge in [-0.2, -0.15) is 0 Å². The van der Waals surface area contributed by atoms with Crippen molar-refractivity contribution in [1.82, 2.24) is 9.88 Å². The van der Waals surface area contributed by atoms with E-state index in [4.69, 9.17) is 0 Å². The van der Waals surface area contributed by atoms with Crippen LogP contribution in [0.15, 0.2) is 30.3 Å². The summed E-state index contributed by atoms with van der Waals surface area (Å²) >= 11 is 0. The van der Waals surface area contributed by atoms with E-state index in [-0.39, 0.29) is 86.9 Å². The minimum atomic E-state index is -1.65. The number of likely N-dealkylation sites (tertiary alicyclic amines) is 1. The zero-order valence-corrected chi connectivity index (χ0v) is 28.8. The molecule has 1 aliphatic heterocycles. The van der Waals surface area contributed by atoms with Gasteiger partial charge in [0, 0.05) is 123 Å². The first-order valence-corrected chi connectivity index (χ1v) is 16.1. The van der Waals surface area contributed by atoms with E-state index in [0.29, 0.717) is 5.54 Å². The minimum Gasteiger partial charge on any atom is -0.371 e. The van der Waals surface area contributed by atoms with Crippen LogP contribution in [0.4, 0.5) is 0 Å². The quantitative estimate of drug-likeness (QED) is 0.360. The van der Waals surface area contributed by atoms with Crippen LogP contribution >= 0.6 is 0 Å². The van der Waals surface area contributed by atoms with Gasteiger partial charge >= 0.3 is 0 Å². The van der Waals surface area contributed by atoms with Crippen LogP contribution in [0.3, 0.4) is 0 Å². The van der Waals surface area contributed by atoms with Crippen LogP contribution in [0.5, 0.6) is 0 Å². The Kier molecular flexibility index (Phi) is 19.1. The Morgan fingerprint density at radius 2 is 1.21 bits per heavy atom. The second kappa shape index (κ2) is 18.1. The van der Waals surface area contributed by atoms with Gasteiger partial charge in [0.1, 0.15) is 8.24 Å². The average molecular weight is 616 g/mol. The van der Waals surface area contributed by atoms with E-state index >= 15 is 0 Å². The molecule has 3 aliphatic rings. The summed E-state index contributed by atoms with van der Waals surface area (Å²) < 4.78 is 0. The molecule has 1 saturated heterocycles. The summed E-state index contributed by atoms with van der Waals surface area (Å²) in [5, 5.41) is 0. The van der Waals surface area contributed by atoms with E-state index in [0.717, 1.165) is 6.04 Å². The molecule has 1 heterocycles. The molecule has 0 amide bonds. The van der Waals surface area contributed by atoms with Crippen LogP contribution in [-0.2, 0) is 86.9 Å². The first kappa shape index (κ1) is 35.8. The average Bonchev–Trinajstić information content (AvgIpc) is 3.38. The predicted molar refractivity (Wildman–Crippen MR) is 133 cm³/mol. The van der Waals surface area contributed by atoms with Crippen molar-refractivity contribution in [2.45, 2.75) is 108 Å². The van der Waals surface area contributed by atoms with Gasteiger partial charge in [0.15, 0.2) is 0 Å². The number of nitrogens with one attached hydrogen (secondary N) is 1. The molecule has 4 rings (SSSR count). The summed E-state index contributed by atoms with van der Waals surface area (Å²) in [6, 6.07) is 10.0. The van der Waals surface area contributed by atoms with Crippen molar-refractivity contribution < 1.29 is 86.9 Å². The van der Waals surface area contributed by atoms with Gasteiger partial charge in [-0.05, 0) is 31.2 Å². The monoisotopic (exact) mass is 616 g/mol. The molecule has 34 heavy (non-hydrogen) atoms. The van der Waals surface area contributed by atoms with Crippen LogP contribution in [-0.4, -0.2) is 32.3 Å². The smallest absolute Gasteiger partial charge is 0.131 e. The molecule has 0 spiro atoms. The zero-order valence-electron chi connectivity index (χ0n) is 21.6. The van der Waals surface area contributed by atoms with Crippen LogP contribution in [0.2, 0.25) is 13.1 Å². The molecule has 1 atom stereocenters. The minimum absolute atomic E-state index is 0. The van der Waals surface area contributed by atoms with Crippen molar-refractivity contribution in [1.29, 1.82) is 0 Å². The first-order valence-electron chi connectivity index (χ1n) is 13.0. The summed E-state index contributed by atoms with van der Waals surface area (Å²) in [5.41, 5.74) is 5.25. The SMILES string of the molecule is C[Si](C)(NC1CCCCCCCCCCC1)C1C=C(N2CCCC2)c2ccccc21.[Ti].[Ti].[Ti].[Ti].